The van der Waals surface area contributed by atoms with Crippen LogP contribution in [0.5, 0.6) is 5.75 Å². The van der Waals surface area contributed by atoms with E-state index in [0.717, 1.165) is 17.0 Å². The zero-order chi connectivity index (χ0) is 26.8. The normalized spacial score (nSPS) is 11.3. The highest BCUT2D eigenvalue weighted by Crippen LogP contribution is 2.31. The molecule has 0 aliphatic carbocycles. The first-order chi connectivity index (χ1) is 17.8. The maximum Gasteiger partial charge on any atom is 0.281 e. The summed E-state index contributed by atoms with van der Waals surface area (Å²) in [6.45, 7) is 6.54. The van der Waals surface area contributed by atoms with Gasteiger partial charge in [-0.3, -0.25) is 19.4 Å². The lowest BCUT2D eigenvalue weighted by atomic mass is 10.1. The summed E-state index contributed by atoms with van der Waals surface area (Å²) < 4.78 is 12.4. The van der Waals surface area contributed by atoms with Gasteiger partial charge < -0.3 is 24.7 Å². The summed E-state index contributed by atoms with van der Waals surface area (Å²) in [6.07, 6.45) is 2.11. The third-order valence-corrected chi connectivity index (χ3v) is 6.06. The molecule has 11 heteroatoms. The second kappa shape index (κ2) is 13.5. The minimum atomic E-state index is -0.395. The fourth-order valence-electron chi connectivity index (χ4n) is 3.52. The topological polar surface area (TPSA) is 124 Å². The molecule has 0 radical (unpaired) electrons. The molecular formula is C26H31N5O5S. The van der Waals surface area contributed by atoms with E-state index in [9.17, 15) is 14.4 Å². The molecule has 2 aromatic heterocycles. The number of aryl methyl sites for hydroxylation is 1. The van der Waals surface area contributed by atoms with Crippen molar-refractivity contribution in [2.45, 2.75) is 33.7 Å². The summed E-state index contributed by atoms with van der Waals surface area (Å²) in [5, 5.41) is 7.53. The number of methoxy groups -OCH3 is 1. The summed E-state index contributed by atoms with van der Waals surface area (Å²) in [5.74, 6) is -0.239. The molecule has 2 N–H and O–H groups in total. The second-order valence-electron chi connectivity index (χ2n) is 8.12. The van der Waals surface area contributed by atoms with Crippen molar-refractivity contribution in [3.63, 3.8) is 0 Å². The van der Waals surface area contributed by atoms with Crippen molar-refractivity contribution in [1.82, 2.24) is 14.9 Å². The predicted molar refractivity (Wildman–Crippen MR) is 142 cm³/mol. The lowest BCUT2D eigenvalue weighted by Crippen LogP contribution is -2.29. The third-order valence-electron chi connectivity index (χ3n) is 5.20. The van der Waals surface area contributed by atoms with Gasteiger partial charge in [-0.05, 0) is 50.6 Å². The monoisotopic (exact) mass is 525 g/mol. The molecular weight excluding hydrogens is 494 g/mol. The second-order valence-corrected chi connectivity index (χ2v) is 8.96. The van der Waals surface area contributed by atoms with Crippen molar-refractivity contribution in [2.75, 3.05) is 32.2 Å². The Hall–Kier alpha value is -3.83. The smallest absolute Gasteiger partial charge is 0.281 e. The van der Waals surface area contributed by atoms with Crippen LogP contribution in [0.4, 0.5) is 5.69 Å². The summed E-state index contributed by atoms with van der Waals surface area (Å²) in [7, 11) is 1.47. The van der Waals surface area contributed by atoms with Crippen molar-refractivity contribution in [2.24, 2.45) is 4.99 Å². The van der Waals surface area contributed by atoms with E-state index in [2.05, 4.69) is 20.6 Å². The van der Waals surface area contributed by atoms with E-state index >= 15 is 0 Å². The largest absolute Gasteiger partial charge is 0.492 e. The number of thiazole rings is 1. The summed E-state index contributed by atoms with van der Waals surface area (Å²) >= 11 is 1.33. The van der Waals surface area contributed by atoms with Gasteiger partial charge in [0.15, 0.2) is 4.80 Å². The Bertz CT molecular complexity index is 1310. The Morgan fingerprint density at radius 2 is 2.00 bits per heavy atom. The van der Waals surface area contributed by atoms with Crippen LogP contribution in [0.25, 0.3) is 11.3 Å². The van der Waals surface area contributed by atoms with Crippen molar-refractivity contribution in [1.29, 1.82) is 0 Å². The van der Waals surface area contributed by atoms with Crippen LogP contribution < -0.4 is 20.2 Å². The molecule has 0 aliphatic heterocycles. The number of pyridine rings is 1. The van der Waals surface area contributed by atoms with E-state index < -0.39 is 5.91 Å². The molecule has 3 aromatic rings. The molecule has 0 unspecified atom stereocenters. The van der Waals surface area contributed by atoms with Crippen molar-refractivity contribution in [3.05, 3.63) is 58.0 Å². The first-order valence-electron chi connectivity index (χ1n) is 11.8. The molecule has 0 fully saturated rings. The van der Waals surface area contributed by atoms with Gasteiger partial charge in [0.1, 0.15) is 12.4 Å². The first-order valence-corrected chi connectivity index (χ1v) is 12.7. The number of hydrogen-bond donors (Lipinski definition) is 2. The Balaban J connectivity index is 1.98. The number of benzene rings is 1. The van der Waals surface area contributed by atoms with Gasteiger partial charge in [-0.2, -0.15) is 4.99 Å². The number of nitrogens with zero attached hydrogens (tertiary/aromatic N) is 3. The Labute approximate surface area is 219 Å². The molecule has 37 heavy (non-hydrogen) atoms. The van der Waals surface area contributed by atoms with Crippen LogP contribution in [0.1, 0.15) is 36.3 Å². The number of carbonyl (C=O) groups is 3. The van der Waals surface area contributed by atoms with E-state index in [1.165, 1.54) is 31.6 Å². The SMILES string of the molecule is CCOc1ccc(-c2csc(=NC(=O)c3ccc(C)nc3)n2CCCNC(=O)COC)cc1NC(C)=O. The molecule has 196 valence electrons. The number of hydrogen-bond acceptors (Lipinski definition) is 7. The molecule has 10 nitrogen and oxygen atoms in total. The lowest BCUT2D eigenvalue weighted by Gasteiger charge is -2.14. The summed E-state index contributed by atoms with van der Waals surface area (Å²) in [5.41, 5.74) is 3.39. The average Bonchev–Trinajstić information content (AvgIpc) is 3.25. The van der Waals surface area contributed by atoms with Crippen molar-refractivity contribution in [3.8, 4) is 17.0 Å². The van der Waals surface area contributed by atoms with Crippen molar-refractivity contribution < 1.29 is 23.9 Å². The standard InChI is InChI=1S/C26H31N5O5S/c1-5-36-23-10-9-19(13-21(23)29-18(3)32)22-16-37-26(30-25(34)20-8-7-17(2)28-14-20)31(22)12-6-11-27-24(33)15-35-4/h7-10,13-14,16H,5-6,11-12,15H2,1-4H3,(H,27,33)(H,29,32). The van der Waals surface area contributed by atoms with E-state index in [1.807, 2.05) is 35.9 Å². The fraction of sp³-hybridized carbons (Fsp3) is 0.346. The molecule has 0 bridgehead atoms. The number of aromatic nitrogens is 2. The zero-order valence-electron chi connectivity index (χ0n) is 21.4. The van der Waals surface area contributed by atoms with Crippen LogP contribution in [0.3, 0.4) is 0 Å². The van der Waals surface area contributed by atoms with Gasteiger partial charge in [0.2, 0.25) is 11.8 Å². The molecule has 0 atom stereocenters. The highest BCUT2D eigenvalue weighted by Gasteiger charge is 2.14. The van der Waals surface area contributed by atoms with Crippen LogP contribution in [-0.4, -0.2) is 54.1 Å². The number of ether oxygens (including phenoxy) is 2. The minimum Gasteiger partial charge on any atom is -0.492 e. The van der Waals surface area contributed by atoms with E-state index in [1.54, 1.807) is 18.2 Å². The third kappa shape index (κ3) is 7.83. The van der Waals surface area contributed by atoms with E-state index in [0.29, 0.717) is 47.9 Å². The molecule has 3 rings (SSSR count). The number of anilines is 1. The van der Waals surface area contributed by atoms with Gasteiger partial charge in [-0.15, -0.1) is 11.3 Å². The molecule has 0 saturated heterocycles. The van der Waals surface area contributed by atoms with E-state index in [-0.39, 0.29) is 18.4 Å². The number of rotatable bonds is 11. The van der Waals surface area contributed by atoms with Gasteiger partial charge in [0.05, 0.1) is 23.6 Å². The molecule has 2 heterocycles. The quantitative estimate of drug-likeness (QED) is 0.371. The molecule has 0 aliphatic rings. The molecule has 0 saturated carbocycles. The van der Waals surface area contributed by atoms with Crippen LogP contribution in [0, 0.1) is 6.92 Å². The van der Waals surface area contributed by atoms with Crippen LogP contribution >= 0.6 is 11.3 Å². The Kier molecular flexibility index (Phi) is 10.1. The molecule has 3 amide bonds. The number of amides is 3. The van der Waals surface area contributed by atoms with Gasteiger partial charge in [-0.1, -0.05) is 0 Å². The average molecular weight is 526 g/mol. The van der Waals surface area contributed by atoms with Gasteiger partial charge in [0, 0.05) is 50.0 Å². The maximum absolute atomic E-state index is 12.9. The first kappa shape index (κ1) is 27.8. The Morgan fingerprint density at radius 1 is 1.19 bits per heavy atom. The maximum atomic E-state index is 12.9. The number of nitrogens with one attached hydrogen (secondary N) is 2. The lowest BCUT2D eigenvalue weighted by molar-refractivity contribution is -0.124. The summed E-state index contributed by atoms with van der Waals surface area (Å²) in [6, 6.07) is 9.00. The minimum absolute atomic E-state index is 0.00534. The van der Waals surface area contributed by atoms with Gasteiger partial charge >= 0.3 is 0 Å². The van der Waals surface area contributed by atoms with Crippen LogP contribution in [0.15, 0.2) is 46.9 Å². The van der Waals surface area contributed by atoms with Crippen LogP contribution in [-0.2, 0) is 20.9 Å². The number of carbonyl (C=O) groups excluding carboxylic acids is 3. The highest BCUT2D eigenvalue weighted by molar-refractivity contribution is 7.07. The van der Waals surface area contributed by atoms with Crippen molar-refractivity contribution >= 4 is 34.7 Å². The zero-order valence-corrected chi connectivity index (χ0v) is 22.2. The van der Waals surface area contributed by atoms with Crippen LogP contribution in [0.2, 0.25) is 0 Å². The van der Waals surface area contributed by atoms with E-state index in [4.69, 9.17) is 9.47 Å². The predicted octanol–water partition coefficient (Wildman–Crippen LogP) is 3.17. The van der Waals surface area contributed by atoms with Gasteiger partial charge in [0.25, 0.3) is 5.91 Å². The Morgan fingerprint density at radius 3 is 2.68 bits per heavy atom. The molecule has 0 spiro atoms. The summed E-state index contributed by atoms with van der Waals surface area (Å²) in [4.78, 5) is 45.4. The molecule has 1 aromatic carbocycles. The fourth-order valence-corrected chi connectivity index (χ4v) is 4.45. The highest BCUT2D eigenvalue weighted by atomic mass is 32.1. The van der Waals surface area contributed by atoms with Gasteiger partial charge in [-0.25, -0.2) is 0 Å².